The lowest BCUT2D eigenvalue weighted by Gasteiger charge is -2.05. The van der Waals surface area contributed by atoms with Crippen molar-refractivity contribution < 1.29 is 4.42 Å². The highest BCUT2D eigenvalue weighted by Gasteiger charge is 2.01. The predicted octanol–water partition coefficient (Wildman–Crippen LogP) is 4.02. The van der Waals surface area contributed by atoms with E-state index in [0.717, 1.165) is 23.4 Å². The molecule has 0 amide bonds. The van der Waals surface area contributed by atoms with Crippen LogP contribution in [0.5, 0.6) is 0 Å². The standard InChI is InChI=1S/C14H12N2OS/c1-3-17-9-11(1)6-16-14-5-13(7-15-8-14)12-2-4-18-10-12/h1-5,7-10,16H,6H2. The van der Waals surface area contributed by atoms with E-state index in [1.165, 1.54) is 5.56 Å². The van der Waals surface area contributed by atoms with Crippen LogP contribution in [0.25, 0.3) is 11.1 Å². The van der Waals surface area contributed by atoms with E-state index in [9.17, 15) is 0 Å². The third-order valence-corrected chi connectivity index (χ3v) is 3.35. The molecule has 0 atom stereocenters. The Kier molecular flexibility index (Phi) is 3.10. The molecule has 0 spiro atoms. The van der Waals surface area contributed by atoms with E-state index >= 15 is 0 Å². The smallest absolute Gasteiger partial charge is 0.0952 e. The third kappa shape index (κ3) is 2.43. The molecule has 90 valence electrons. The van der Waals surface area contributed by atoms with Gasteiger partial charge in [-0.1, -0.05) is 0 Å². The SMILES string of the molecule is c1cc(CNc2cncc(-c3ccsc3)c2)co1. The molecule has 1 N–H and O–H groups in total. The summed E-state index contributed by atoms with van der Waals surface area (Å²) < 4.78 is 5.03. The maximum absolute atomic E-state index is 5.03. The molecule has 3 aromatic rings. The Morgan fingerprint density at radius 1 is 1.22 bits per heavy atom. The first-order chi connectivity index (χ1) is 8.92. The van der Waals surface area contributed by atoms with E-state index < -0.39 is 0 Å². The van der Waals surface area contributed by atoms with Crippen LogP contribution >= 0.6 is 11.3 Å². The van der Waals surface area contributed by atoms with Gasteiger partial charge in [-0.05, 0) is 34.5 Å². The Bertz CT molecular complexity index is 603. The zero-order valence-corrected chi connectivity index (χ0v) is 10.5. The van der Waals surface area contributed by atoms with Gasteiger partial charge in [-0.15, -0.1) is 0 Å². The monoisotopic (exact) mass is 256 g/mol. The van der Waals surface area contributed by atoms with E-state index in [1.807, 2.05) is 18.5 Å². The summed E-state index contributed by atoms with van der Waals surface area (Å²) >= 11 is 1.69. The molecule has 0 aromatic carbocycles. The summed E-state index contributed by atoms with van der Waals surface area (Å²) in [6.45, 7) is 0.741. The number of hydrogen-bond donors (Lipinski definition) is 1. The number of aromatic nitrogens is 1. The van der Waals surface area contributed by atoms with Gasteiger partial charge in [0.2, 0.25) is 0 Å². The summed E-state index contributed by atoms with van der Waals surface area (Å²) in [5.74, 6) is 0. The molecule has 0 aliphatic carbocycles. The Balaban J connectivity index is 1.75. The zero-order chi connectivity index (χ0) is 12.2. The number of nitrogens with one attached hydrogen (secondary N) is 1. The van der Waals surface area contributed by atoms with Crippen LogP contribution in [0.1, 0.15) is 5.56 Å². The fraction of sp³-hybridized carbons (Fsp3) is 0.0714. The second-order valence-corrected chi connectivity index (χ2v) is 4.74. The molecule has 0 fully saturated rings. The minimum absolute atomic E-state index is 0.741. The van der Waals surface area contributed by atoms with Crippen molar-refractivity contribution in [3.63, 3.8) is 0 Å². The van der Waals surface area contributed by atoms with Crippen molar-refractivity contribution in [2.24, 2.45) is 0 Å². The number of thiophene rings is 1. The van der Waals surface area contributed by atoms with Crippen molar-refractivity contribution in [1.29, 1.82) is 0 Å². The van der Waals surface area contributed by atoms with Crippen molar-refractivity contribution in [3.05, 3.63) is 59.4 Å². The number of hydrogen-bond acceptors (Lipinski definition) is 4. The highest BCUT2D eigenvalue weighted by molar-refractivity contribution is 7.08. The lowest BCUT2D eigenvalue weighted by Crippen LogP contribution is -1.98. The molecule has 0 radical (unpaired) electrons. The van der Waals surface area contributed by atoms with Gasteiger partial charge in [-0.2, -0.15) is 11.3 Å². The summed E-state index contributed by atoms with van der Waals surface area (Å²) in [5, 5.41) is 7.52. The van der Waals surface area contributed by atoms with Crippen molar-refractivity contribution in [2.45, 2.75) is 6.54 Å². The lowest BCUT2D eigenvalue weighted by molar-refractivity contribution is 0.564. The molecule has 3 heterocycles. The van der Waals surface area contributed by atoms with Crippen LogP contribution < -0.4 is 5.32 Å². The first-order valence-corrected chi connectivity index (χ1v) is 6.59. The first-order valence-electron chi connectivity index (χ1n) is 5.64. The fourth-order valence-corrected chi connectivity index (χ4v) is 2.39. The van der Waals surface area contributed by atoms with E-state index in [1.54, 1.807) is 23.9 Å². The molecule has 0 unspecified atom stereocenters. The predicted molar refractivity (Wildman–Crippen MR) is 73.6 cm³/mol. The van der Waals surface area contributed by atoms with E-state index in [4.69, 9.17) is 4.42 Å². The van der Waals surface area contributed by atoms with Crippen LogP contribution in [-0.4, -0.2) is 4.98 Å². The van der Waals surface area contributed by atoms with Crippen LogP contribution in [0.4, 0.5) is 5.69 Å². The van der Waals surface area contributed by atoms with Crippen LogP contribution in [-0.2, 0) is 6.54 Å². The number of anilines is 1. The van der Waals surface area contributed by atoms with Crippen LogP contribution in [0, 0.1) is 0 Å². The van der Waals surface area contributed by atoms with Crippen molar-refractivity contribution in [3.8, 4) is 11.1 Å². The molecule has 0 saturated carbocycles. The molecule has 0 saturated heterocycles. The average Bonchev–Trinajstić information content (AvgIpc) is 3.10. The van der Waals surface area contributed by atoms with Gasteiger partial charge in [0, 0.05) is 30.1 Å². The zero-order valence-electron chi connectivity index (χ0n) is 9.67. The Morgan fingerprint density at radius 2 is 2.22 bits per heavy atom. The lowest BCUT2D eigenvalue weighted by atomic mass is 10.1. The number of pyridine rings is 1. The maximum atomic E-state index is 5.03. The second kappa shape index (κ2) is 5.06. The molecular weight excluding hydrogens is 244 g/mol. The quantitative estimate of drug-likeness (QED) is 0.766. The summed E-state index contributed by atoms with van der Waals surface area (Å²) in [7, 11) is 0. The summed E-state index contributed by atoms with van der Waals surface area (Å²) in [5.41, 5.74) is 4.48. The van der Waals surface area contributed by atoms with E-state index in [2.05, 4.69) is 33.2 Å². The molecule has 0 aliphatic heterocycles. The molecule has 3 rings (SSSR count). The molecule has 0 bridgehead atoms. The van der Waals surface area contributed by atoms with Gasteiger partial charge in [0.25, 0.3) is 0 Å². The second-order valence-electron chi connectivity index (χ2n) is 3.96. The van der Waals surface area contributed by atoms with Gasteiger partial charge in [0.15, 0.2) is 0 Å². The summed E-state index contributed by atoms with van der Waals surface area (Å²) in [6, 6.07) is 6.15. The van der Waals surface area contributed by atoms with Crippen molar-refractivity contribution in [2.75, 3.05) is 5.32 Å². The molecule has 3 aromatic heterocycles. The third-order valence-electron chi connectivity index (χ3n) is 2.67. The van der Waals surface area contributed by atoms with E-state index in [-0.39, 0.29) is 0 Å². The minimum Gasteiger partial charge on any atom is -0.472 e. The normalized spacial score (nSPS) is 10.4. The Labute approximate surface area is 109 Å². The fourth-order valence-electron chi connectivity index (χ4n) is 1.72. The van der Waals surface area contributed by atoms with Crippen molar-refractivity contribution in [1.82, 2.24) is 4.98 Å². The van der Waals surface area contributed by atoms with Crippen LogP contribution in [0.15, 0.2) is 58.3 Å². The topological polar surface area (TPSA) is 38.1 Å². The number of rotatable bonds is 4. The average molecular weight is 256 g/mol. The summed E-state index contributed by atoms with van der Waals surface area (Å²) in [4.78, 5) is 4.26. The minimum atomic E-state index is 0.741. The van der Waals surface area contributed by atoms with Gasteiger partial charge in [-0.25, -0.2) is 0 Å². The Hall–Kier alpha value is -2.07. The highest BCUT2D eigenvalue weighted by atomic mass is 32.1. The van der Waals surface area contributed by atoms with Gasteiger partial charge < -0.3 is 9.73 Å². The van der Waals surface area contributed by atoms with Gasteiger partial charge >= 0.3 is 0 Å². The molecule has 4 heteroatoms. The highest BCUT2D eigenvalue weighted by Crippen LogP contribution is 2.23. The van der Waals surface area contributed by atoms with E-state index in [0.29, 0.717) is 0 Å². The van der Waals surface area contributed by atoms with Crippen molar-refractivity contribution >= 4 is 17.0 Å². The van der Waals surface area contributed by atoms with Gasteiger partial charge in [0.1, 0.15) is 0 Å². The first kappa shape index (κ1) is 11.0. The summed E-state index contributed by atoms with van der Waals surface area (Å²) in [6.07, 6.45) is 7.13. The Morgan fingerprint density at radius 3 is 3.00 bits per heavy atom. The maximum Gasteiger partial charge on any atom is 0.0952 e. The number of furan rings is 1. The molecule has 0 aliphatic rings. The number of nitrogens with zero attached hydrogens (tertiary/aromatic N) is 1. The van der Waals surface area contributed by atoms with Gasteiger partial charge in [-0.3, -0.25) is 4.98 Å². The van der Waals surface area contributed by atoms with Crippen LogP contribution in [0.2, 0.25) is 0 Å². The van der Waals surface area contributed by atoms with Gasteiger partial charge in [0.05, 0.1) is 18.2 Å². The van der Waals surface area contributed by atoms with Crippen LogP contribution in [0.3, 0.4) is 0 Å². The largest absolute Gasteiger partial charge is 0.472 e. The molecule has 18 heavy (non-hydrogen) atoms. The molecular formula is C14H12N2OS. The molecule has 3 nitrogen and oxygen atoms in total.